The third kappa shape index (κ3) is 5.35. The summed E-state index contributed by atoms with van der Waals surface area (Å²) in [6.45, 7) is 11.5. The predicted octanol–water partition coefficient (Wildman–Crippen LogP) is 5.31. The first-order valence-electron chi connectivity index (χ1n) is 13.1. The number of benzene rings is 2. The number of rotatable bonds is 3. The summed E-state index contributed by atoms with van der Waals surface area (Å²) in [6, 6.07) is 12.0. The van der Waals surface area contributed by atoms with Crippen molar-refractivity contribution in [2.75, 3.05) is 11.0 Å². The molecule has 4 aromatic rings. The molecule has 41 heavy (non-hydrogen) atoms. The Balaban J connectivity index is 1.52. The van der Waals surface area contributed by atoms with E-state index < -0.39 is 15.4 Å². The number of hydrogen-bond acceptors (Lipinski definition) is 6. The molecule has 0 saturated carbocycles. The zero-order valence-corrected chi connectivity index (χ0v) is 24.8. The van der Waals surface area contributed by atoms with Crippen LogP contribution in [0.25, 0.3) is 11.0 Å². The molecule has 210 valence electrons. The number of pyridine rings is 1. The number of hydrogen-bond donors (Lipinski definition) is 2. The number of ketones is 1. The van der Waals surface area contributed by atoms with Gasteiger partial charge in [-0.25, -0.2) is 13.4 Å². The third-order valence-electron chi connectivity index (χ3n) is 6.99. The summed E-state index contributed by atoms with van der Waals surface area (Å²) in [4.78, 5) is 30.7. The van der Waals surface area contributed by atoms with Crippen LogP contribution in [-0.4, -0.2) is 36.9 Å². The van der Waals surface area contributed by atoms with Crippen molar-refractivity contribution in [2.24, 2.45) is 0 Å². The maximum absolute atomic E-state index is 13.6. The number of fused-ring (bicyclic) bond motifs is 4. The smallest absolute Gasteiger partial charge is 0.252 e. The number of amides is 1. The van der Waals surface area contributed by atoms with E-state index in [9.17, 15) is 18.0 Å². The van der Waals surface area contributed by atoms with Gasteiger partial charge in [-0.05, 0) is 101 Å². The Morgan fingerprint density at radius 1 is 1.05 bits per heavy atom. The Hall–Kier alpha value is -4.42. The van der Waals surface area contributed by atoms with Gasteiger partial charge in [0.1, 0.15) is 17.0 Å². The molecule has 0 radical (unpaired) electrons. The van der Waals surface area contributed by atoms with Crippen LogP contribution < -0.4 is 10.0 Å². The Labute approximate surface area is 239 Å². The molecule has 2 aromatic carbocycles. The monoisotopic (exact) mass is 569 g/mol. The second kappa shape index (κ2) is 9.60. The summed E-state index contributed by atoms with van der Waals surface area (Å²) in [5.41, 5.74) is 3.88. The summed E-state index contributed by atoms with van der Waals surface area (Å²) in [6.07, 6.45) is 2.65. The van der Waals surface area contributed by atoms with Crippen LogP contribution in [0.2, 0.25) is 0 Å². The fraction of sp³-hybridized carbons (Fsp3) is 0.281. The third-order valence-corrected chi connectivity index (χ3v) is 7.59. The van der Waals surface area contributed by atoms with Gasteiger partial charge in [0.05, 0.1) is 11.8 Å². The molecule has 2 N–H and O–H groups in total. The number of nitrogens with one attached hydrogen (secondary N) is 2. The molecule has 0 atom stereocenters. The molecule has 1 aliphatic rings. The van der Waals surface area contributed by atoms with Gasteiger partial charge in [0, 0.05) is 44.9 Å². The fourth-order valence-electron chi connectivity index (χ4n) is 5.08. The van der Waals surface area contributed by atoms with Crippen LogP contribution in [0, 0.1) is 18.8 Å². The van der Waals surface area contributed by atoms with Gasteiger partial charge < -0.3 is 9.73 Å². The first kappa shape index (κ1) is 28.1. The Morgan fingerprint density at radius 3 is 2.46 bits per heavy atom. The number of aromatic nitrogens is 1. The molecular formula is C32H31N3O5S. The number of nitrogens with zero attached hydrogens (tertiary/aromatic N) is 1. The molecular weight excluding hydrogens is 538 g/mol. The lowest BCUT2D eigenvalue weighted by molar-refractivity contribution is 0.0918. The van der Waals surface area contributed by atoms with Crippen molar-refractivity contribution < 1.29 is 22.4 Å². The van der Waals surface area contributed by atoms with Crippen LogP contribution in [0.3, 0.4) is 0 Å². The molecule has 0 aliphatic heterocycles. The summed E-state index contributed by atoms with van der Waals surface area (Å²) in [7, 11) is -3.48. The summed E-state index contributed by atoms with van der Waals surface area (Å²) >= 11 is 0. The van der Waals surface area contributed by atoms with Crippen molar-refractivity contribution in [1.82, 2.24) is 10.3 Å². The topological polar surface area (TPSA) is 118 Å². The fourth-order valence-corrected chi connectivity index (χ4v) is 5.64. The molecule has 8 nitrogen and oxygen atoms in total. The lowest BCUT2D eigenvalue weighted by atomic mass is 9.71. The zero-order valence-electron chi connectivity index (χ0n) is 24.0. The first-order valence-corrected chi connectivity index (χ1v) is 15.0. The zero-order chi connectivity index (χ0) is 29.9. The number of anilines is 1. The van der Waals surface area contributed by atoms with E-state index in [4.69, 9.17) is 4.42 Å². The van der Waals surface area contributed by atoms with Gasteiger partial charge in [-0.2, -0.15) is 0 Å². The van der Waals surface area contributed by atoms with Crippen molar-refractivity contribution in [3.63, 3.8) is 0 Å². The quantitative estimate of drug-likeness (QED) is 0.323. The van der Waals surface area contributed by atoms with Crippen molar-refractivity contribution >= 4 is 38.4 Å². The van der Waals surface area contributed by atoms with Crippen molar-refractivity contribution in [1.29, 1.82) is 0 Å². The average Bonchev–Trinajstić information content (AvgIpc) is 3.25. The van der Waals surface area contributed by atoms with Gasteiger partial charge >= 0.3 is 0 Å². The second-order valence-electron chi connectivity index (χ2n) is 11.9. The van der Waals surface area contributed by atoms with Gasteiger partial charge in [0.25, 0.3) is 5.91 Å². The van der Waals surface area contributed by atoms with Crippen LogP contribution in [0.5, 0.6) is 0 Å². The molecule has 0 fully saturated rings. The number of carbonyl (C=O) groups excluding carboxylic acids is 2. The first-order chi connectivity index (χ1) is 19.0. The number of carbonyl (C=O) groups is 2. The highest BCUT2D eigenvalue weighted by molar-refractivity contribution is 7.92. The maximum atomic E-state index is 13.6. The van der Waals surface area contributed by atoms with Gasteiger partial charge in [-0.15, -0.1) is 0 Å². The van der Waals surface area contributed by atoms with E-state index >= 15 is 0 Å². The highest BCUT2D eigenvalue weighted by Crippen LogP contribution is 2.46. The SMILES string of the molecule is Cc1c(C(=O)NC(C)(C)C)ccnc1C#Cc1ccc2c3c(oc2c1)C(C)(C)c1cc(NS(C)(=O)=O)ccc1C3=O. The molecule has 9 heteroatoms. The van der Waals surface area contributed by atoms with E-state index in [-0.39, 0.29) is 17.2 Å². The van der Waals surface area contributed by atoms with Crippen molar-refractivity contribution in [3.8, 4) is 11.8 Å². The van der Waals surface area contributed by atoms with Crippen molar-refractivity contribution in [2.45, 2.75) is 52.5 Å². The summed E-state index contributed by atoms with van der Waals surface area (Å²) in [5, 5.41) is 3.65. The standard InChI is InChI=1S/C32H31N3O5S/c1-18-21(30(37)34-31(2,3)4)14-15-33-25(18)13-9-19-8-11-23-26(16-19)40-29-27(23)28(36)22-12-10-20(35-41(7,38)39)17-24(22)32(29,5)6/h8,10-12,14-17,35H,1-7H3,(H,34,37). The largest absolute Gasteiger partial charge is 0.459 e. The van der Waals surface area contributed by atoms with E-state index in [1.807, 2.05) is 53.7 Å². The van der Waals surface area contributed by atoms with E-state index in [0.29, 0.717) is 61.5 Å². The molecule has 0 saturated heterocycles. The van der Waals surface area contributed by atoms with Crippen LogP contribution in [-0.2, 0) is 15.4 Å². The van der Waals surface area contributed by atoms with Gasteiger partial charge in [-0.3, -0.25) is 14.3 Å². The van der Waals surface area contributed by atoms with Gasteiger partial charge in [0.2, 0.25) is 10.0 Å². The normalized spacial score (nSPS) is 14.1. The Bertz CT molecular complexity index is 1930. The Kier molecular flexibility index (Phi) is 6.58. The number of furan rings is 1. The number of sulfonamides is 1. The lowest BCUT2D eigenvalue weighted by Gasteiger charge is -2.31. The molecule has 5 rings (SSSR count). The highest BCUT2D eigenvalue weighted by atomic mass is 32.2. The van der Waals surface area contributed by atoms with Crippen LogP contribution in [0.15, 0.2) is 53.1 Å². The van der Waals surface area contributed by atoms with E-state index in [2.05, 4.69) is 26.9 Å². The van der Waals surface area contributed by atoms with E-state index in [1.54, 1.807) is 36.5 Å². The predicted molar refractivity (Wildman–Crippen MR) is 159 cm³/mol. The minimum Gasteiger partial charge on any atom is -0.459 e. The van der Waals surface area contributed by atoms with E-state index in [0.717, 1.165) is 6.26 Å². The molecule has 0 spiro atoms. The van der Waals surface area contributed by atoms with Crippen LogP contribution in [0.1, 0.15) is 89.0 Å². The Morgan fingerprint density at radius 2 is 1.78 bits per heavy atom. The molecule has 0 bridgehead atoms. The molecule has 1 aliphatic carbocycles. The minimum atomic E-state index is -3.48. The van der Waals surface area contributed by atoms with Crippen molar-refractivity contribution in [3.05, 3.63) is 93.5 Å². The lowest BCUT2D eigenvalue weighted by Crippen LogP contribution is -2.40. The van der Waals surface area contributed by atoms with Crippen LogP contribution >= 0.6 is 0 Å². The van der Waals surface area contributed by atoms with Gasteiger partial charge in [0.15, 0.2) is 5.78 Å². The van der Waals surface area contributed by atoms with Gasteiger partial charge in [-0.1, -0.05) is 5.92 Å². The molecule has 2 heterocycles. The molecule has 2 aromatic heterocycles. The maximum Gasteiger partial charge on any atom is 0.252 e. The summed E-state index contributed by atoms with van der Waals surface area (Å²) in [5.74, 6) is 6.34. The summed E-state index contributed by atoms with van der Waals surface area (Å²) < 4.78 is 32.3. The molecule has 1 amide bonds. The highest BCUT2D eigenvalue weighted by Gasteiger charge is 2.41. The van der Waals surface area contributed by atoms with E-state index in [1.165, 1.54) is 0 Å². The second-order valence-corrected chi connectivity index (χ2v) is 13.6. The average molecular weight is 570 g/mol. The minimum absolute atomic E-state index is 0.178. The molecule has 0 unspecified atom stereocenters. The van der Waals surface area contributed by atoms with Crippen LogP contribution in [0.4, 0.5) is 5.69 Å².